The Labute approximate surface area is 129 Å². The highest BCUT2D eigenvalue weighted by molar-refractivity contribution is 7.09. The van der Waals surface area contributed by atoms with Gasteiger partial charge in [-0.15, -0.1) is 11.3 Å². The molecule has 2 N–H and O–H groups in total. The molecular weight excluding hydrogens is 284 g/mol. The summed E-state index contributed by atoms with van der Waals surface area (Å²) in [5.41, 5.74) is 1.04. The second-order valence-corrected chi connectivity index (χ2v) is 5.96. The number of thiophene rings is 1. The zero-order valence-corrected chi connectivity index (χ0v) is 13.1. The van der Waals surface area contributed by atoms with Gasteiger partial charge in [0.25, 0.3) is 0 Å². The third-order valence-electron chi connectivity index (χ3n) is 2.75. The fraction of sp³-hybridized carbons (Fsp3) is 0.312. The molecule has 0 spiro atoms. The van der Waals surface area contributed by atoms with Gasteiger partial charge in [-0.25, -0.2) is 4.79 Å². The van der Waals surface area contributed by atoms with Crippen LogP contribution in [-0.4, -0.2) is 12.1 Å². The molecule has 0 aliphatic heterocycles. The molecule has 2 rings (SSSR count). The van der Waals surface area contributed by atoms with Gasteiger partial charge in [0.15, 0.2) is 0 Å². The summed E-state index contributed by atoms with van der Waals surface area (Å²) in [6.07, 6.45) is 0.164. The normalized spacial score (nSPS) is 10.4. The summed E-state index contributed by atoms with van der Waals surface area (Å²) in [7, 11) is 0. The molecule has 0 fully saturated rings. The van der Waals surface area contributed by atoms with Gasteiger partial charge in [-0.3, -0.25) is 0 Å². The van der Waals surface area contributed by atoms with Gasteiger partial charge in [-0.05, 0) is 43.0 Å². The number of urea groups is 1. The van der Waals surface area contributed by atoms with E-state index in [1.165, 1.54) is 0 Å². The van der Waals surface area contributed by atoms with E-state index in [0.29, 0.717) is 13.1 Å². The van der Waals surface area contributed by atoms with Crippen molar-refractivity contribution in [2.45, 2.75) is 33.0 Å². The fourth-order valence-corrected chi connectivity index (χ4v) is 2.43. The molecule has 0 radical (unpaired) electrons. The first-order valence-electron chi connectivity index (χ1n) is 6.93. The Morgan fingerprint density at radius 1 is 1.14 bits per heavy atom. The van der Waals surface area contributed by atoms with Gasteiger partial charge < -0.3 is 15.4 Å². The van der Waals surface area contributed by atoms with Gasteiger partial charge in [-0.2, -0.15) is 0 Å². The summed E-state index contributed by atoms with van der Waals surface area (Å²) in [4.78, 5) is 12.8. The zero-order valence-electron chi connectivity index (χ0n) is 12.3. The molecule has 0 saturated heterocycles. The maximum atomic E-state index is 11.7. The van der Waals surface area contributed by atoms with Crippen LogP contribution in [0.4, 0.5) is 4.79 Å². The number of carbonyl (C=O) groups excluding carboxylic acids is 1. The van der Waals surface area contributed by atoms with Gasteiger partial charge in [0.1, 0.15) is 5.75 Å². The summed E-state index contributed by atoms with van der Waals surface area (Å²) >= 11 is 1.63. The van der Waals surface area contributed by atoms with Crippen molar-refractivity contribution in [3.05, 3.63) is 52.2 Å². The topological polar surface area (TPSA) is 50.4 Å². The molecule has 2 aromatic rings. The number of carbonyl (C=O) groups is 1. The molecule has 4 nitrogen and oxygen atoms in total. The Kier molecular flexibility index (Phi) is 5.63. The van der Waals surface area contributed by atoms with Crippen molar-refractivity contribution >= 4 is 17.4 Å². The Morgan fingerprint density at radius 2 is 1.86 bits per heavy atom. The second kappa shape index (κ2) is 7.69. The van der Waals surface area contributed by atoms with Crippen LogP contribution in [0.15, 0.2) is 41.8 Å². The Balaban J connectivity index is 1.73. The van der Waals surface area contributed by atoms with Crippen LogP contribution in [0.25, 0.3) is 0 Å². The van der Waals surface area contributed by atoms with Crippen molar-refractivity contribution in [2.75, 3.05) is 0 Å². The van der Waals surface area contributed by atoms with Crippen LogP contribution < -0.4 is 15.4 Å². The third kappa shape index (κ3) is 5.47. The Bertz CT molecular complexity index is 550. The van der Waals surface area contributed by atoms with Crippen molar-refractivity contribution in [2.24, 2.45) is 0 Å². The number of nitrogens with one attached hydrogen (secondary N) is 2. The molecule has 0 bridgehead atoms. The Hall–Kier alpha value is -2.01. The van der Waals surface area contributed by atoms with Crippen LogP contribution in [-0.2, 0) is 13.1 Å². The van der Waals surface area contributed by atoms with E-state index in [9.17, 15) is 4.79 Å². The quantitative estimate of drug-likeness (QED) is 0.857. The number of amides is 2. The highest BCUT2D eigenvalue weighted by Gasteiger charge is 2.02. The van der Waals surface area contributed by atoms with Gasteiger partial charge in [0.2, 0.25) is 0 Å². The lowest BCUT2D eigenvalue weighted by Gasteiger charge is -2.10. The minimum absolute atomic E-state index is 0.161. The smallest absolute Gasteiger partial charge is 0.315 e. The second-order valence-electron chi connectivity index (χ2n) is 4.93. The van der Waals surface area contributed by atoms with Gasteiger partial charge in [0, 0.05) is 11.4 Å². The third-order valence-corrected chi connectivity index (χ3v) is 3.63. The van der Waals surface area contributed by atoms with E-state index in [2.05, 4.69) is 10.6 Å². The molecule has 2 amide bonds. The predicted octanol–water partition coefficient (Wildman–Crippen LogP) is 3.53. The summed E-state index contributed by atoms with van der Waals surface area (Å²) < 4.78 is 5.58. The first kappa shape index (κ1) is 15.4. The van der Waals surface area contributed by atoms with Crippen molar-refractivity contribution in [1.82, 2.24) is 10.6 Å². The molecular formula is C16H20N2O2S. The minimum atomic E-state index is -0.161. The molecule has 1 heterocycles. The maximum Gasteiger partial charge on any atom is 0.315 e. The van der Waals surface area contributed by atoms with Crippen LogP contribution in [0, 0.1) is 0 Å². The van der Waals surface area contributed by atoms with E-state index < -0.39 is 0 Å². The predicted molar refractivity (Wildman–Crippen MR) is 85.6 cm³/mol. The number of rotatable bonds is 6. The molecule has 0 atom stereocenters. The van der Waals surface area contributed by atoms with E-state index >= 15 is 0 Å². The molecule has 112 valence electrons. The van der Waals surface area contributed by atoms with Crippen LogP contribution in [0.5, 0.6) is 5.75 Å². The minimum Gasteiger partial charge on any atom is -0.491 e. The summed E-state index contributed by atoms with van der Waals surface area (Å²) in [6, 6.07) is 11.6. The van der Waals surface area contributed by atoms with Crippen LogP contribution in [0.2, 0.25) is 0 Å². The summed E-state index contributed by atoms with van der Waals surface area (Å²) in [5, 5.41) is 7.66. The summed E-state index contributed by atoms with van der Waals surface area (Å²) in [5.74, 6) is 0.843. The average Bonchev–Trinajstić information content (AvgIpc) is 2.97. The highest BCUT2D eigenvalue weighted by Crippen LogP contribution is 2.13. The molecule has 0 aliphatic rings. The van der Waals surface area contributed by atoms with Crippen molar-refractivity contribution in [1.29, 1.82) is 0 Å². The van der Waals surface area contributed by atoms with E-state index in [4.69, 9.17) is 4.74 Å². The van der Waals surface area contributed by atoms with E-state index in [1.54, 1.807) is 11.3 Å². The van der Waals surface area contributed by atoms with Crippen LogP contribution >= 0.6 is 11.3 Å². The van der Waals surface area contributed by atoms with Gasteiger partial charge in [0.05, 0.1) is 12.6 Å². The van der Waals surface area contributed by atoms with Crippen molar-refractivity contribution in [3.63, 3.8) is 0 Å². The number of ether oxygens (including phenoxy) is 1. The average molecular weight is 304 g/mol. The SMILES string of the molecule is CC(C)Oc1ccc(CNC(=O)NCc2cccs2)cc1. The van der Waals surface area contributed by atoms with Gasteiger partial charge >= 0.3 is 6.03 Å². The lowest BCUT2D eigenvalue weighted by atomic mass is 10.2. The highest BCUT2D eigenvalue weighted by atomic mass is 32.1. The molecule has 0 unspecified atom stereocenters. The molecule has 1 aromatic heterocycles. The van der Waals surface area contributed by atoms with Crippen LogP contribution in [0.1, 0.15) is 24.3 Å². The molecule has 0 aliphatic carbocycles. The van der Waals surface area contributed by atoms with Crippen molar-refractivity contribution < 1.29 is 9.53 Å². The monoisotopic (exact) mass is 304 g/mol. The first-order chi connectivity index (χ1) is 10.1. The fourth-order valence-electron chi connectivity index (χ4n) is 1.78. The largest absolute Gasteiger partial charge is 0.491 e. The molecule has 0 saturated carbocycles. The number of hydrogen-bond donors (Lipinski definition) is 2. The standard InChI is InChI=1S/C16H20N2O2S/c1-12(2)20-14-7-5-13(6-8-14)10-17-16(19)18-11-15-4-3-9-21-15/h3-9,12H,10-11H2,1-2H3,(H2,17,18,19). The number of hydrogen-bond acceptors (Lipinski definition) is 3. The maximum absolute atomic E-state index is 11.7. The lowest BCUT2D eigenvalue weighted by Crippen LogP contribution is -2.34. The van der Waals surface area contributed by atoms with E-state index in [0.717, 1.165) is 16.2 Å². The lowest BCUT2D eigenvalue weighted by molar-refractivity contribution is 0.240. The van der Waals surface area contributed by atoms with Gasteiger partial charge in [-0.1, -0.05) is 18.2 Å². The molecule has 5 heteroatoms. The summed E-state index contributed by atoms with van der Waals surface area (Å²) in [6.45, 7) is 5.05. The van der Waals surface area contributed by atoms with Crippen LogP contribution in [0.3, 0.4) is 0 Å². The molecule has 21 heavy (non-hydrogen) atoms. The van der Waals surface area contributed by atoms with E-state index in [1.807, 2.05) is 55.6 Å². The first-order valence-corrected chi connectivity index (χ1v) is 7.81. The molecule has 1 aromatic carbocycles. The van der Waals surface area contributed by atoms with Crippen molar-refractivity contribution in [3.8, 4) is 5.75 Å². The Morgan fingerprint density at radius 3 is 2.48 bits per heavy atom. The van der Waals surface area contributed by atoms with E-state index in [-0.39, 0.29) is 12.1 Å². The zero-order chi connectivity index (χ0) is 15.1. The number of benzene rings is 1.